The second kappa shape index (κ2) is 10.0. The Morgan fingerprint density at radius 3 is 2.92 bits per heavy atom. The lowest BCUT2D eigenvalue weighted by atomic mass is 10.1. The van der Waals surface area contributed by atoms with Crippen molar-refractivity contribution in [1.82, 2.24) is 15.6 Å². The van der Waals surface area contributed by atoms with Crippen LogP contribution in [0.1, 0.15) is 31.0 Å². The lowest BCUT2D eigenvalue weighted by Gasteiger charge is -2.13. The summed E-state index contributed by atoms with van der Waals surface area (Å²) in [6, 6.07) is 8.48. The van der Waals surface area contributed by atoms with Crippen LogP contribution in [0.2, 0.25) is 0 Å². The maximum atomic E-state index is 5.64. The topological polar surface area (TPSA) is 61.4 Å². The molecule has 6 heteroatoms. The predicted octanol–water partition coefficient (Wildman–Crippen LogP) is 3.37. The molecule has 1 aromatic heterocycles. The molecule has 1 saturated heterocycles. The number of aryl methyl sites for hydroxylation is 1. The van der Waals surface area contributed by atoms with Crippen molar-refractivity contribution in [2.75, 3.05) is 26.2 Å². The number of benzene rings is 1. The third-order valence-electron chi connectivity index (χ3n) is 4.52. The van der Waals surface area contributed by atoms with Gasteiger partial charge in [-0.05, 0) is 44.7 Å². The first-order valence-electron chi connectivity index (χ1n) is 8.98. The Bertz CT molecular complexity index is 692. The Morgan fingerprint density at radius 1 is 1.32 bits per heavy atom. The van der Waals surface area contributed by atoms with Crippen LogP contribution in [-0.4, -0.2) is 43.3 Å². The molecule has 0 saturated carbocycles. The van der Waals surface area contributed by atoms with Gasteiger partial charge in [-0.25, -0.2) is 0 Å². The zero-order chi connectivity index (χ0) is 16.8. The minimum atomic E-state index is 0. The molecule has 2 heterocycles. The van der Waals surface area contributed by atoms with E-state index in [2.05, 4.69) is 58.7 Å². The molecule has 2 aromatic rings. The van der Waals surface area contributed by atoms with Crippen molar-refractivity contribution in [1.29, 1.82) is 0 Å². The highest BCUT2D eigenvalue weighted by Crippen LogP contribution is 2.21. The van der Waals surface area contributed by atoms with E-state index in [1.54, 1.807) is 0 Å². The van der Waals surface area contributed by atoms with Crippen LogP contribution in [0.3, 0.4) is 0 Å². The molecule has 1 aromatic carbocycles. The third-order valence-corrected chi connectivity index (χ3v) is 4.52. The average Bonchev–Trinajstić information content (AvgIpc) is 3.20. The van der Waals surface area contributed by atoms with Crippen LogP contribution in [0.5, 0.6) is 0 Å². The number of rotatable bonds is 6. The number of fused-ring (bicyclic) bond motifs is 1. The van der Waals surface area contributed by atoms with Gasteiger partial charge in [0.25, 0.3) is 0 Å². The first kappa shape index (κ1) is 20.0. The first-order valence-corrected chi connectivity index (χ1v) is 8.98. The maximum Gasteiger partial charge on any atom is 0.191 e. The van der Waals surface area contributed by atoms with E-state index in [-0.39, 0.29) is 30.1 Å². The monoisotopic (exact) mass is 456 g/mol. The predicted molar refractivity (Wildman–Crippen MR) is 115 cm³/mol. The molecule has 5 nitrogen and oxygen atoms in total. The summed E-state index contributed by atoms with van der Waals surface area (Å²) in [5, 5.41) is 8.08. The number of halogens is 1. The number of aromatic nitrogens is 1. The van der Waals surface area contributed by atoms with Gasteiger partial charge >= 0.3 is 0 Å². The molecule has 25 heavy (non-hydrogen) atoms. The largest absolute Gasteiger partial charge is 0.376 e. The van der Waals surface area contributed by atoms with Crippen LogP contribution in [0.4, 0.5) is 0 Å². The van der Waals surface area contributed by atoms with E-state index in [1.165, 1.54) is 22.2 Å². The smallest absolute Gasteiger partial charge is 0.191 e. The summed E-state index contributed by atoms with van der Waals surface area (Å²) in [4.78, 5) is 8.12. The quantitative estimate of drug-likeness (QED) is 0.355. The maximum absolute atomic E-state index is 5.64. The van der Waals surface area contributed by atoms with Gasteiger partial charge in [0, 0.05) is 36.3 Å². The summed E-state index contributed by atoms with van der Waals surface area (Å²) in [6.07, 6.45) is 3.54. The standard InChI is InChI=1S/C19H28N4O.HI/c1-3-20-19(22-13-15-7-6-12-24-15)21-11-10-16-14(2)23-18-9-5-4-8-17(16)18;/h4-5,8-9,15,23H,3,6-7,10-13H2,1-2H3,(H2,20,21,22);1H. The second-order valence-corrected chi connectivity index (χ2v) is 6.31. The summed E-state index contributed by atoms with van der Waals surface area (Å²) in [6.45, 7) is 7.58. The van der Waals surface area contributed by atoms with Gasteiger partial charge in [-0.1, -0.05) is 18.2 Å². The number of H-pyrrole nitrogens is 1. The Morgan fingerprint density at radius 2 is 2.16 bits per heavy atom. The third kappa shape index (κ3) is 5.34. The summed E-state index contributed by atoms with van der Waals surface area (Å²) in [5.41, 5.74) is 3.84. The fraction of sp³-hybridized carbons (Fsp3) is 0.526. The van der Waals surface area contributed by atoms with Crippen molar-refractivity contribution in [2.45, 2.75) is 39.2 Å². The molecular weight excluding hydrogens is 427 g/mol. The highest BCUT2D eigenvalue weighted by atomic mass is 127. The van der Waals surface area contributed by atoms with Gasteiger partial charge in [0.15, 0.2) is 5.96 Å². The molecule has 1 aliphatic heterocycles. The second-order valence-electron chi connectivity index (χ2n) is 6.31. The SMILES string of the molecule is CCNC(=NCC1CCCO1)NCCc1c(C)[nH]c2ccccc12.I. The molecule has 1 fully saturated rings. The summed E-state index contributed by atoms with van der Waals surface area (Å²) >= 11 is 0. The van der Waals surface area contributed by atoms with Crippen molar-refractivity contribution in [3.8, 4) is 0 Å². The number of aliphatic imine (C=N–C) groups is 1. The molecule has 0 bridgehead atoms. The molecule has 1 unspecified atom stereocenters. The average molecular weight is 456 g/mol. The molecular formula is C19H29IN4O. The minimum absolute atomic E-state index is 0. The van der Waals surface area contributed by atoms with Crippen molar-refractivity contribution < 1.29 is 4.74 Å². The highest BCUT2D eigenvalue weighted by molar-refractivity contribution is 14.0. The van der Waals surface area contributed by atoms with Gasteiger partial charge in [0.1, 0.15) is 0 Å². The van der Waals surface area contributed by atoms with Gasteiger partial charge in [-0.2, -0.15) is 0 Å². The highest BCUT2D eigenvalue weighted by Gasteiger charge is 2.15. The number of nitrogens with zero attached hydrogens (tertiary/aromatic N) is 1. The van der Waals surface area contributed by atoms with Crippen LogP contribution in [0, 0.1) is 6.92 Å². The summed E-state index contributed by atoms with van der Waals surface area (Å²) in [7, 11) is 0. The van der Waals surface area contributed by atoms with Crippen molar-refractivity contribution in [3.05, 3.63) is 35.5 Å². The molecule has 138 valence electrons. The number of hydrogen-bond acceptors (Lipinski definition) is 2. The molecule has 1 atom stereocenters. The van der Waals surface area contributed by atoms with E-state index in [0.717, 1.165) is 51.5 Å². The molecule has 3 rings (SSSR count). The van der Waals surface area contributed by atoms with E-state index < -0.39 is 0 Å². The van der Waals surface area contributed by atoms with Crippen LogP contribution in [0.25, 0.3) is 10.9 Å². The van der Waals surface area contributed by atoms with E-state index in [9.17, 15) is 0 Å². The Labute approximate surface area is 167 Å². The molecule has 0 aliphatic carbocycles. The number of hydrogen-bond donors (Lipinski definition) is 3. The molecule has 3 N–H and O–H groups in total. The summed E-state index contributed by atoms with van der Waals surface area (Å²) < 4.78 is 5.64. The van der Waals surface area contributed by atoms with E-state index in [0.29, 0.717) is 0 Å². The Kier molecular flexibility index (Phi) is 8.02. The zero-order valence-electron chi connectivity index (χ0n) is 15.1. The molecule has 0 spiro atoms. The van der Waals surface area contributed by atoms with Gasteiger partial charge in [-0.3, -0.25) is 4.99 Å². The fourth-order valence-corrected chi connectivity index (χ4v) is 3.29. The first-order chi connectivity index (χ1) is 11.8. The fourth-order valence-electron chi connectivity index (χ4n) is 3.29. The van der Waals surface area contributed by atoms with Crippen LogP contribution < -0.4 is 10.6 Å². The zero-order valence-corrected chi connectivity index (χ0v) is 17.4. The number of ether oxygens (including phenoxy) is 1. The van der Waals surface area contributed by atoms with Crippen molar-refractivity contribution >= 4 is 40.8 Å². The van der Waals surface area contributed by atoms with E-state index in [1.807, 2.05) is 0 Å². The van der Waals surface area contributed by atoms with Crippen molar-refractivity contribution in [3.63, 3.8) is 0 Å². The van der Waals surface area contributed by atoms with Crippen molar-refractivity contribution in [2.24, 2.45) is 4.99 Å². The lowest BCUT2D eigenvalue weighted by molar-refractivity contribution is 0.117. The molecule has 0 radical (unpaired) electrons. The lowest BCUT2D eigenvalue weighted by Crippen LogP contribution is -2.39. The summed E-state index contributed by atoms with van der Waals surface area (Å²) in [5.74, 6) is 0.880. The molecule has 1 aliphatic rings. The number of nitrogens with one attached hydrogen (secondary N) is 3. The minimum Gasteiger partial charge on any atom is -0.376 e. The van der Waals surface area contributed by atoms with Gasteiger partial charge in [-0.15, -0.1) is 24.0 Å². The normalized spacial score (nSPS) is 17.5. The van der Waals surface area contributed by atoms with E-state index >= 15 is 0 Å². The number of para-hydroxylation sites is 1. The van der Waals surface area contributed by atoms with Crippen LogP contribution in [0.15, 0.2) is 29.3 Å². The number of aromatic amines is 1. The molecule has 0 amide bonds. The Balaban J connectivity index is 0.00000225. The van der Waals surface area contributed by atoms with E-state index in [4.69, 9.17) is 4.74 Å². The number of guanidine groups is 1. The van der Waals surface area contributed by atoms with Gasteiger partial charge in [0.05, 0.1) is 12.6 Å². The van der Waals surface area contributed by atoms with Crippen LogP contribution >= 0.6 is 24.0 Å². The van der Waals surface area contributed by atoms with Crippen LogP contribution in [-0.2, 0) is 11.2 Å². The Hall–Kier alpha value is -1.28. The van der Waals surface area contributed by atoms with Gasteiger partial charge < -0.3 is 20.4 Å². The van der Waals surface area contributed by atoms with Gasteiger partial charge in [0.2, 0.25) is 0 Å².